The molecule has 7 heteroatoms. The Morgan fingerprint density at radius 2 is 2.39 bits per heavy atom. The summed E-state index contributed by atoms with van der Waals surface area (Å²) >= 11 is 1.67. The number of aromatic nitrogens is 2. The van der Waals surface area contributed by atoms with Crippen molar-refractivity contribution in [2.24, 2.45) is 10.7 Å². The fourth-order valence-corrected chi connectivity index (χ4v) is 4.12. The Kier molecular flexibility index (Phi) is 4.70. The molecule has 0 aliphatic carbocycles. The van der Waals surface area contributed by atoms with Gasteiger partial charge >= 0.3 is 0 Å². The van der Waals surface area contributed by atoms with E-state index in [1.54, 1.807) is 17.5 Å². The molecule has 1 saturated heterocycles. The van der Waals surface area contributed by atoms with Crippen molar-refractivity contribution in [2.45, 2.75) is 25.4 Å². The third kappa shape index (κ3) is 3.57. The number of hydrogen-bond acceptors (Lipinski definition) is 6. The molecule has 0 amide bonds. The van der Waals surface area contributed by atoms with Crippen molar-refractivity contribution in [3.8, 4) is 0 Å². The molecule has 122 valence electrons. The van der Waals surface area contributed by atoms with E-state index in [-0.39, 0.29) is 6.04 Å². The van der Waals surface area contributed by atoms with E-state index in [0.717, 1.165) is 52.1 Å². The second-order valence-electron chi connectivity index (χ2n) is 6.20. The molecule has 1 aliphatic rings. The molecule has 3 N–H and O–H groups in total. The lowest BCUT2D eigenvalue weighted by atomic mass is 10.1. The third-order valence-electron chi connectivity index (χ3n) is 4.18. The van der Waals surface area contributed by atoms with Gasteiger partial charge in [0.05, 0.1) is 26.2 Å². The van der Waals surface area contributed by atoms with Crippen LogP contribution in [0.1, 0.15) is 18.5 Å². The topological polar surface area (TPSA) is 76.2 Å². The minimum absolute atomic E-state index is 0.242. The number of likely N-dealkylation sites (tertiary alicyclic amines) is 1. The Balaban J connectivity index is 1.90. The number of likely N-dealkylation sites (N-methyl/N-ethyl adjacent to an activating group) is 1. The maximum Gasteiger partial charge on any atom is 0.288 e. The van der Waals surface area contributed by atoms with Gasteiger partial charge in [-0.1, -0.05) is 6.07 Å². The first-order valence-electron chi connectivity index (χ1n) is 7.82. The highest BCUT2D eigenvalue weighted by Crippen LogP contribution is 2.37. The van der Waals surface area contributed by atoms with E-state index in [1.807, 2.05) is 18.2 Å². The average molecular weight is 331 g/mol. The molecule has 3 rings (SSSR count). The van der Waals surface area contributed by atoms with Crippen LogP contribution in [-0.2, 0) is 6.54 Å². The number of nitrogens with one attached hydrogen (secondary N) is 1. The number of hydrogen-bond donors (Lipinski definition) is 2. The van der Waals surface area contributed by atoms with E-state index in [0.29, 0.717) is 6.54 Å². The molecule has 1 fully saturated rings. The second-order valence-corrected chi connectivity index (χ2v) is 7.18. The molecule has 0 spiro atoms. The molecule has 2 unspecified atom stereocenters. The highest BCUT2D eigenvalue weighted by Gasteiger charge is 2.35. The van der Waals surface area contributed by atoms with Gasteiger partial charge in [0.1, 0.15) is 23.1 Å². The summed E-state index contributed by atoms with van der Waals surface area (Å²) in [5.74, 6) is 0.811. The van der Waals surface area contributed by atoms with E-state index in [4.69, 9.17) is 10.7 Å². The summed E-state index contributed by atoms with van der Waals surface area (Å²) in [6, 6.07) is 6.04. The molecule has 1 aliphatic heterocycles. The van der Waals surface area contributed by atoms with Gasteiger partial charge < -0.3 is 11.1 Å². The SMILES string of the molecule is C=NCc1nc([N+]2(C)CCCC(N)C2)sc1Nc1ccccn1. The lowest BCUT2D eigenvalue weighted by Gasteiger charge is -2.37. The first kappa shape index (κ1) is 16.0. The number of thiazole rings is 1. The first-order chi connectivity index (χ1) is 11.1. The molecule has 3 heterocycles. The van der Waals surface area contributed by atoms with Gasteiger partial charge in [0.25, 0.3) is 5.13 Å². The van der Waals surface area contributed by atoms with Crippen molar-refractivity contribution in [1.29, 1.82) is 0 Å². The van der Waals surface area contributed by atoms with Crippen molar-refractivity contribution in [3.63, 3.8) is 0 Å². The Bertz CT molecular complexity index is 670. The number of piperidine rings is 1. The van der Waals surface area contributed by atoms with Crippen LogP contribution in [0, 0.1) is 0 Å². The van der Waals surface area contributed by atoms with Crippen LogP contribution >= 0.6 is 11.3 Å². The van der Waals surface area contributed by atoms with Crippen LogP contribution in [0.5, 0.6) is 0 Å². The van der Waals surface area contributed by atoms with E-state index in [9.17, 15) is 0 Å². The summed E-state index contributed by atoms with van der Waals surface area (Å²) in [5.41, 5.74) is 7.10. The molecule has 2 atom stereocenters. The minimum atomic E-state index is 0.242. The third-order valence-corrected chi connectivity index (χ3v) is 5.44. The van der Waals surface area contributed by atoms with Gasteiger partial charge in [-0.2, -0.15) is 4.98 Å². The zero-order valence-electron chi connectivity index (χ0n) is 13.4. The Hall–Kier alpha value is -1.83. The van der Waals surface area contributed by atoms with Gasteiger partial charge in [-0.3, -0.25) is 9.48 Å². The summed E-state index contributed by atoms with van der Waals surface area (Å²) in [6.45, 7) is 6.10. The molecule has 0 radical (unpaired) electrons. The van der Waals surface area contributed by atoms with Crippen molar-refractivity contribution < 1.29 is 0 Å². The Labute approximate surface area is 140 Å². The molecule has 2 aromatic heterocycles. The maximum atomic E-state index is 6.18. The molecule has 0 aromatic carbocycles. The minimum Gasteiger partial charge on any atom is -0.330 e. The first-order valence-corrected chi connectivity index (χ1v) is 8.63. The number of nitrogens with zero attached hydrogens (tertiary/aromatic N) is 4. The predicted molar refractivity (Wildman–Crippen MR) is 97.5 cm³/mol. The molecule has 0 saturated carbocycles. The molecule has 2 aromatic rings. The summed E-state index contributed by atoms with van der Waals surface area (Å²) < 4.78 is 0.792. The van der Waals surface area contributed by atoms with Crippen LogP contribution in [0.2, 0.25) is 0 Å². The van der Waals surface area contributed by atoms with Crippen LogP contribution in [0.25, 0.3) is 0 Å². The molecular weight excluding hydrogens is 308 g/mol. The zero-order chi connectivity index (χ0) is 16.3. The maximum absolute atomic E-state index is 6.18. The number of pyridine rings is 1. The van der Waals surface area contributed by atoms with Gasteiger partial charge in [-0.25, -0.2) is 4.98 Å². The molecule has 23 heavy (non-hydrogen) atoms. The monoisotopic (exact) mass is 331 g/mol. The summed E-state index contributed by atoms with van der Waals surface area (Å²) in [6.07, 6.45) is 4.00. The summed E-state index contributed by atoms with van der Waals surface area (Å²) in [4.78, 5) is 13.2. The van der Waals surface area contributed by atoms with E-state index >= 15 is 0 Å². The van der Waals surface area contributed by atoms with Gasteiger partial charge in [0.2, 0.25) is 0 Å². The van der Waals surface area contributed by atoms with Crippen LogP contribution in [-0.4, -0.2) is 42.9 Å². The van der Waals surface area contributed by atoms with Crippen LogP contribution in [0.4, 0.5) is 16.0 Å². The van der Waals surface area contributed by atoms with Crippen LogP contribution in [0.3, 0.4) is 0 Å². The van der Waals surface area contributed by atoms with Crippen molar-refractivity contribution in [1.82, 2.24) is 14.5 Å². The highest BCUT2D eigenvalue weighted by molar-refractivity contribution is 7.19. The van der Waals surface area contributed by atoms with Crippen molar-refractivity contribution in [2.75, 3.05) is 25.5 Å². The Morgan fingerprint density at radius 1 is 1.52 bits per heavy atom. The fourth-order valence-electron chi connectivity index (χ4n) is 3.01. The lowest BCUT2D eigenvalue weighted by molar-refractivity contribution is 0.250. The largest absolute Gasteiger partial charge is 0.330 e. The van der Waals surface area contributed by atoms with Crippen molar-refractivity contribution >= 4 is 34.0 Å². The Morgan fingerprint density at radius 3 is 3.09 bits per heavy atom. The lowest BCUT2D eigenvalue weighted by Crippen LogP contribution is -2.56. The number of rotatable bonds is 5. The summed E-state index contributed by atoms with van der Waals surface area (Å²) in [5, 5.41) is 5.43. The molecule has 0 bridgehead atoms. The number of nitrogens with two attached hydrogens (primary N) is 1. The normalized spacial score (nSPS) is 24.3. The van der Waals surface area contributed by atoms with E-state index < -0.39 is 0 Å². The summed E-state index contributed by atoms with van der Waals surface area (Å²) in [7, 11) is 2.22. The second kappa shape index (κ2) is 6.74. The smallest absolute Gasteiger partial charge is 0.288 e. The number of aliphatic imine (C=N–C) groups is 1. The van der Waals surface area contributed by atoms with E-state index in [1.165, 1.54) is 0 Å². The standard InChI is InChI=1S/C16H23N6S/c1-18-10-13-15(21-14-7-3-4-8-19-14)23-16(20-13)22(2)9-5-6-12(17)11-22/h3-4,7-8,12H,1,5-6,9-11,17H2,2H3,(H,19,21)/q+1. The van der Waals surface area contributed by atoms with E-state index in [2.05, 4.69) is 29.1 Å². The van der Waals surface area contributed by atoms with Crippen molar-refractivity contribution in [3.05, 3.63) is 30.1 Å². The predicted octanol–water partition coefficient (Wildman–Crippen LogP) is 2.54. The highest BCUT2D eigenvalue weighted by atomic mass is 32.1. The van der Waals surface area contributed by atoms with Crippen LogP contribution in [0.15, 0.2) is 29.4 Å². The average Bonchev–Trinajstić information content (AvgIpc) is 2.92. The van der Waals surface area contributed by atoms with Gasteiger partial charge in [-0.15, -0.1) is 0 Å². The van der Waals surface area contributed by atoms with Gasteiger partial charge in [-0.05, 0) is 43.0 Å². The quantitative estimate of drug-likeness (QED) is 0.652. The van der Waals surface area contributed by atoms with Gasteiger partial charge in [0, 0.05) is 6.20 Å². The molecular formula is C16H23N6S+. The fraction of sp³-hybridized carbons (Fsp3) is 0.438. The number of anilines is 2. The zero-order valence-corrected chi connectivity index (χ0v) is 14.2. The number of quaternary nitrogens is 1. The van der Waals surface area contributed by atoms with Crippen LogP contribution < -0.4 is 15.5 Å². The molecule has 6 nitrogen and oxygen atoms in total. The van der Waals surface area contributed by atoms with Gasteiger partial charge in [0.15, 0.2) is 0 Å².